The van der Waals surface area contributed by atoms with Gasteiger partial charge in [-0.05, 0) is 37.1 Å². The molecule has 0 bridgehead atoms. The van der Waals surface area contributed by atoms with Crippen LogP contribution in [0.5, 0.6) is 0 Å². The largest absolute Gasteiger partial charge is 0.351 e. The Labute approximate surface area is 145 Å². The predicted octanol–water partition coefficient (Wildman–Crippen LogP) is 4.21. The van der Waals surface area contributed by atoms with Crippen LogP contribution >= 0.6 is 15.9 Å². The number of aromatic nitrogens is 2. The number of hydrogen-bond acceptors (Lipinski definition) is 4. The van der Waals surface area contributed by atoms with Crippen LogP contribution in [0, 0.1) is 6.92 Å². The molecule has 0 unspecified atom stereocenters. The van der Waals surface area contributed by atoms with Crippen molar-refractivity contribution >= 4 is 33.3 Å². The number of hydrogen-bond donors (Lipinski definition) is 2. The van der Waals surface area contributed by atoms with E-state index >= 15 is 0 Å². The van der Waals surface area contributed by atoms with Gasteiger partial charge in [-0.25, -0.2) is 9.97 Å². The second-order valence-electron chi connectivity index (χ2n) is 5.34. The van der Waals surface area contributed by atoms with Crippen molar-refractivity contribution in [1.82, 2.24) is 15.3 Å². The minimum Gasteiger partial charge on any atom is -0.351 e. The van der Waals surface area contributed by atoms with Crippen molar-refractivity contribution in [3.05, 3.63) is 46.3 Å². The molecule has 122 valence electrons. The molecule has 0 spiro atoms. The van der Waals surface area contributed by atoms with E-state index in [0.717, 1.165) is 35.0 Å². The molecule has 5 nitrogen and oxygen atoms in total. The summed E-state index contributed by atoms with van der Waals surface area (Å²) < 4.78 is 1.06. The Hall–Kier alpha value is -1.95. The fraction of sp³-hybridized carbons (Fsp3) is 0.353. The van der Waals surface area contributed by atoms with Gasteiger partial charge >= 0.3 is 0 Å². The van der Waals surface area contributed by atoms with Gasteiger partial charge < -0.3 is 10.6 Å². The summed E-state index contributed by atoms with van der Waals surface area (Å²) in [6, 6.07) is 5.94. The molecule has 0 atom stereocenters. The zero-order valence-electron chi connectivity index (χ0n) is 13.4. The van der Waals surface area contributed by atoms with Gasteiger partial charge in [-0.15, -0.1) is 0 Å². The number of carbonyl (C=O) groups is 1. The molecule has 2 aromatic rings. The van der Waals surface area contributed by atoms with Gasteiger partial charge in [0.15, 0.2) is 0 Å². The molecule has 2 N–H and O–H groups in total. The number of nitrogens with zero attached hydrogens (tertiary/aromatic N) is 2. The normalized spacial score (nSPS) is 10.4. The first-order valence-corrected chi connectivity index (χ1v) is 8.53. The number of unbranched alkanes of at least 4 members (excludes halogenated alkanes) is 2. The van der Waals surface area contributed by atoms with Crippen molar-refractivity contribution in [3.63, 3.8) is 0 Å². The molecule has 0 fully saturated rings. The molecule has 0 aliphatic carbocycles. The van der Waals surface area contributed by atoms with E-state index in [1.165, 1.54) is 6.20 Å². The van der Waals surface area contributed by atoms with E-state index in [1.54, 1.807) is 6.20 Å². The van der Waals surface area contributed by atoms with Crippen LogP contribution < -0.4 is 10.6 Å². The van der Waals surface area contributed by atoms with Gasteiger partial charge in [-0.2, -0.15) is 0 Å². The zero-order chi connectivity index (χ0) is 16.7. The third kappa shape index (κ3) is 5.32. The summed E-state index contributed by atoms with van der Waals surface area (Å²) in [7, 11) is 0. The van der Waals surface area contributed by atoms with Crippen molar-refractivity contribution < 1.29 is 4.79 Å². The lowest BCUT2D eigenvalue weighted by Gasteiger charge is -2.08. The van der Waals surface area contributed by atoms with E-state index in [-0.39, 0.29) is 5.91 Å². The maximum atomic E-state index is 11.9. The van der Waals surface area contributed by atoms with Crippen molar-refractivity contribution in [2.75, 3.05) is 11.9 Å². The fourth-order valence-electron chi connectivity index (χ4n) is 2.05. The van der Waals surface area contributed by atoms with Crippen LogP contribution in [-0.4, -0.2) is 22.4 Å². The number of halogens is 1. The maximum Gasteiger partial charge on any atom is 0.271 e. The summed E-state index contributed by atoms with van der Waals surface area (Å²) in [5.74, 6) is 0.425. The average molecular weight is 377 g/mol. The van der Waals surface area contributed by atoms with Crippen LogP contribution in [-0.2, 0) is 0 Å². The Bertz CT molecular complexity index is 658. The van der Waals surface area contributed by atoms with Gasteiger partial charge in [0.1, 0.15) is 11.5 Å². The van der Waals surface area contributed by atoms with E-state index < -0.39 is 0 Å². The molecule has 1 amide bonds. The number of benzene rings is 1. The smallest absolute Gasteiger partial charge is 0.271 e. The highest BCUT2D eigenvalue weighted by Crippen LogP contribution is 2.21. The lowest BCUT2D eigenvalue weighted by atomic mass is 10.2. The Balaban J connectivity index is 1.93. The van der Waals surface area contributed by atoms with Crippen LogP contribution in [0.3, 0.4) is 0 Å². The quantitative estimate of drug-likeness (QED) is 0.710. The van der Waals surface area contributed by atoms with E-state index in [2.05, 4.69) is 43.5 Å². The summed E-state index contributed by atoms with van der Waals surface area (Å²) in [6.45, 7) is 4.82. The van der Waals surface area contributed by atoms with Gasteiger partial charge in [-0.1, -0.05) is 35.7 Å². The van der Waals surface area contributed by atoms with Gasteiger partial charge in [0.05, 0.1) is 12.4 Å². The molecule has 1 aromatic heterocycles. The second-order valence-corrected chi connectivity index (χ2v) is 6.19. The molecular formula is C17H21BrN4O. The van der Waals surface area contributed by atoms with Gasteiger partial charge in [0, 0.05) is 16.7 Å². The first kappa shape index (κ1) is 17.4. The maximum absolute atomic E-state index is 11.9. The Morgan fingerprint density at radius 3 is 2.70 bits per heavy atom. The fourth-order valence-corrected chi connectivity index (χ4v) is 2.29. The van der Waals surface area contributed by atoms with Crippen LogP contribution in [0.15, 0.2) is 35.1 Å². The molecule has 6 heteroatoms. The third-order valence-electron chi connectivity index (χ3n) is 3.38. The molecule has 1 aromatic carbocycles. The zero-order valence-corrected chi connectivity index (χ0v) is 15.0. The predicted molar refractivity (Wildman–Crippen MR) is 96.1 cm³/mol. The minimum atomic E-state index is -0.181. The minimum absolute atomic E-state index is 0.181. The third-order valence-corrected chi connectivity index (χ3v) is 4.27. The van der Waals surface area contributed by atoms with Crippen molar-refractivity contribution in [2.24, 2.45) is 0 Å². The summed E-state index contributed by atoms with van der Waals surface area (Å²) in [5, 5.41) is 6.02. The highest BCUT2D eigenvalue weighted by Gasteiger charge is 2.07. The van der Waals surface area contributed by atoms with Crippen molar-refractivity contribution in [1.29, 1.82) is 0 Å². The monoisotopic (exact) mass is 376 g/mol. The number of aryl methyl sites for hydroxylation is 1. The number of amides is 1. The van der Waals surface area contributed by atoms with Crippen molar-refractivity contribution in [2.45, 2.75) is 33.1 Å². The van der Waals surface area contributed by atoms with E-state index in [1.807, 2.05) is 25.1 Å². The molecule has 0 aliphatic heterocycles. The highest BCUT2D eigenvalue weighted by molar-refractivity contribution is 9.10. The lowest BCUT2D eigenvalue weighted by Crippen LogP contribution is -2.25. The Morgan fingerprint density at radius 2 is 2.04 bits per heavy atom. The SMILES string of the molecule is CCCCCNC(=O)c1cnc(Nc2ccc(Br)c(C)c2)cn1. The highest BCUT2D eigenvalue weighted by atomic mass is 79.9. The number of rotatable bonds is 7. The standard InChI is InChI=1S/C17H21BrN4O/c1-3-4-5-8-19-17(23)15-10-21-16(11-20-15)22-13-6-7-14(18)12(2)9-13/h6-7,9-11H,3-5,8H2,1-2H3,(H,19,23)(H,21,22). The van der Waals surface area contributed by atoms with Gasteiger partial charge in [-0.3, -0.25) is 4.79 Å². The molecular weight excluding hydrogens is 356 g/mol. The first-order chi connectivity index (χ1) is 11.1. The Morgan fingerprint density at radius 1 is 1.22 bits per heavy atom. The molecule has 23 heavy (non-hydrogen) atoms. The Kier molecular flexibility index (Phi) is 6.52. The van der Waals surface area contributed by atoms with Crippen molar-refractivity contribution in [3.8, 4) is 0 Å². The first-order valence-electron chi connectivity index (χ1n) is 7.73. The second kappa shape index (κ2) is 8.62. The van der Waals surface area contributed by atoms with Crippen LogP contribution in [0.4, 0.5) is 11.5 Å². The molecule has 2 rings (SSSR count). The summed E-state index contributed by atoms with van der Waals surface area (Å²) in [5.41, 5.74) is 2.39. The molecule has 0 radical (unpaired) electrons. The summed E-state index contributed by atoms with van der Waals surface area (Å²) in [6.07, 6.45) is 6.28. The van der Waals surface area contributed by atoms with E-state index in [9.17, 15) is 4.79 Å². The van der Waals surface area contributed by atoms with Gasteiger partial charge in [0.25, 0.3) is 5.91 Å². The van der Waals surface area contributed by atoms with Crippen LogP contribution in [0.25, 0.3) is 0 Å². The van der Waals surface area contributed by atoms with Crippen LogP contribution in [0.2, 0.25) is 0 Å². The number of carbonyl (C=O) groups excluding carboxylic acids is 1. The summed E-state index contributed by atoms with van der Waals surface area (Å²) >= 11 is 3.47. The molecule has 0 aliphatic rings. The van der Waals surface area contributed by atoms with Crippen LogP contribution in [0.1, 0.15) is 42.2 Å². The number of anilines is 2. The topological polar surface area (TPSA) is 66.9 Å². The molecule has 0 saturated heterocycles. The van der Waals surface area contributed by atoms with E-state index in [4.69, 9.17) is 0 Å². The lowest BCUT2D eigenvalue weighted by molar-refractivity contribution is 0.0947. The van der Waals surface area contributed by atoms with E-state index in [0.29, 0.717) is 18.1 Å². The van der Waals surface area contributed by atoms with Gasteiger partial charge in [0.2, 0.25) is 0 Å². The molecule has 1 heterocycles. The average Bonchev–Trinajstić information content (AvgIpc) is 2.55. The number of nitrogens with one attached hydrogen (secondary N) is 2. The summed E-state index contributed by atoms with van der Waals surface area (Å²) in [4.78, 5) is 20.3. The molecule has 0 saturated carbocycles.